The molecule has 0 unspecified atom stereocenters. The molecule has 0 radical (unpaired) electrons. The van der Waals surface area contributed by atoms with Gasteiger partial charge in [-0.1, -0.05) is 182 Å². The Hall–Kier alpha value is -9.24. The van der Waals surface area contributed by atoms with Gasteiger partial charge in [0, 0.05) is 20.8 Å². The Morgan fingerprint density at radius 2 is 0.579 bits per heavy atom. The summed E-state index contributed by atoms with van der Waals surface area (Å²) in [5.41, 5.74) is 0.377. The van der Waals surface area contributed by atoms with E-state index in [4.69, 9.17) is 80.0 Å². The molecule has 6 aromatic carbocycles. The molecule has 0 bridgehead atoms. The number of ether oxygens (including phenoxy) is 16. The lowest BCUT2D eigenvalue weighted by molar-refractivity contribution is -0.369. The number of aliphatic hydroxyl groups is 1. The molecule has 10 rings (SSSR count). The van der Waals surface area contributed by atoms with E-state index in [1.165, 1.54) is 13.8 Å². The van der Waals surface area contributed by atoms with Crippen molar-refractivity contribution in [3.8, 4) is 0 Å². The summed E-state index contributed by atoms with van der Waals surface area (Å²) in [6.07, 6.45) is -27.4. The quantitative estimate of drug-likeness (QED) is 0.0122. The second kappa shape index (κ2) is 43.7. The zero-order valence-corrected chi connectivity index (χ0v) is 70.7. The highest BCUT2D eigenvalue weighted by Crippen LogP contribution is 2.40. The van der Waals surface area contributed by atoms with Crippen molar-refractivity contribution in [3.05, 3.63) is 215 Å². The maximum Gasteiger partial charge on any atom is 0.407 e. The number of esters is 3. The SMILES string of the molecule is CC(=O)N[C@@H]1[C@@H](OCc2ccccc2)[C@H](O[C@@H]2O[C@H](COC(=O)C(C)(C)C)[C@@H](O[C@@H]3O[C@H](COC(=O)C(C)(C)C)[C@@H](O[C@@H]4O[C@H](COC(=O)C(C)(C)C)[C@@H](OCc5ccccc5)[C@H](OCc5ccccc5)[C@H]4NC(=O)OCc4ccccc4)[C@H](OCc4ccccc4)[C@H]3NC(C)=O)[C@H](OCc3ccccc3)[C@H]2NC(C)=O)[C@@H](COS(=O)(=O)O)O[C@H]1O. The van der Waals surface area contributed by atoms with Gasteiger partial charge in [0.15, 0.2) is 25.2 Å². The lowest BCUT2D eigenvalue weighted by Crippen LogP contribution is -2.72. The molecule has 658 valence electrons. The van der Waals surface area contributed by atoms with Crippen molar-refractivity contribution in [3.63, 3.8) is 0 Å². The Morgan fingerprint density at radius 3 is 0.868 bits per heavy atom. The Balaban J connectivity index is 1.15. The first-order chi connectivity index (χ1) is 57.5. The molecule has 4 aliphatic heterocycles. The summed E-state index contributed by atoms with van der Waals surface area (Å²) in [6, 6.07) is 47.3. The second-order valence-corrected chi connectivity index (χ2v) is 34.1. The highest BCUT2D eigenvalue weighted by Gasteiger charge is 2.59. The fourth-order valence-corrected chi connectivity index (χ4v) is 14.1. The number of carbonyl (C=O) groups excluding carboxylic acids is 7. The minimum absolute atomic E-state index is 0.0579. The van der Waals surface area contributed by atoms with Crippen LogP contribution in [0.3, 0.4) is 0 Å². The molecule has 33 heteroatoms. The van der Waals surface area contributed by atoms with Crippen LogP contribution in [0.5, 0.6) is 0 Å². The second-order valence-electron chi connectivity index (χ2n) is 33.0. The lowest BCUT2D eigenvalue weighted by Gasteiger charge is -2.52. The summed E-state index contributed by atoms with van der Waals surface area (Å²) < 4.78 is 149. The molecule has 4 fully saturated rings. The van der Waals surface area contributed by atoms with Crippen LogP contribution in [0, 0.1) is 16.2 Å². The molecule has 6 aromatic rings. The molecular formula is C88H112N4O28S. The van der Waals surface area contributed by atoms with Gasteiger partial charge in [0.05, 0.1) is 55.9 Å². The molecule has 4 saturated heterocycles. The first-order valence-corrected chi connectivity index (χ1v) is 41.4. The van der Waals surface area contributed by atoms with Crippen LogP contribution in [0.25, 0.3) is 0 Å². The highest BCUT2D eigenvalue weighted by molar-refractivity contribution is 7.80. The van der Waals surface area contributed by atoms with Crippen LogP contribution in [0.15, 0.2) is 182 Å². The molecule has 4 amide bonds. The van der Waals surface area contributed by atoms with E-state index >= 15 is 0 Å². The topological polar surface area (TPSA) is 399 Å². The summed E-state index contributed by atoms with van der Waals surface area (Å²) in [6.45, 7) is 14.1. The summed E-state index contributed by atoms with van der Waals surface area (Å²) in [4.78, 5) is 99.6. The first-order valence-electron chi connectivity index (χ1n) is 40.0. The van der Waals surface area contributed by atoms with Crippen molar-refractivity contribution in [2.45, 2.75) is 245 Å². The van der Waals surface area contributed by atoms with E-state index in [9.17, 15) is 51.6 Å². The van der Waals surface area contributed by atoms with Crippen molar-refractivity contribution >= 4 is 52.1 Å². The predicted molar refractivity (Wildman–Crippen MR) is 432 cm³/mol. The number of nitrogens with one attached hydrogen (secondary N) is 4. The average Bonchev–Trinajstić information content (AvgIpc) is 0.758. The number of hydrogen-bond donors (Lipinski definition) is 6. The van der Waals surface area contributed by atoms with Crippen LogP contribution in [0.1, 0.15) is 116 Å². The Morgan fingerprint density at radius 1 is 0.331 bits per heavy atom. The van der Waals surface area contributed by atoms with Gasteiger partial charge in [-0.3, -0.25) is 33.3 Å². The van der Waals surface area contributed by atoms with Crippen LogP contribution >= 0.6 is 0 Å². The summed E-state index contributed by atoms with van der Waals surface area (Å²) in [7, 11) is -5.28. The fraction of sp³-hybridized carbons (Fsp3) is 0.511. The Kier molecular flexibility index (Phi) is 33.9. The van der Waals surface area contributed by atoms with E-state index in [0.29, 0.717) is 27.8 Å². The molecule has 0 aliphatic carbocycles. The number of carbonyl (C=O) groups is 7. The normalized spacial score (nSPS) is 27.1. The smallest absolute Gasteiger partial charge is 0.407 e. The lowest BCUT2D eigenvalue weighted by atomic mass is 9.92. The maximum atomic E-state index is 14.9. The Labute approximate surface area is 705 Å². The minimum Gasteiger partial charge on any atom is -0.462 e. The van der Waals surface area contributed by atoms with Gasteiger partial charge in [-0.25, -0.2) is 8.98 Å². The third-order valence-electron chi connectivity index (χ3n) is 19.9. The van der Waals surface area contributed by atoms with Crippen LogP contribution in [0.4, 0.5) is 4.79 Å². The number of benzene rings is 6. The van der Waals surface area contributed by atoms with E-state index in [0.717, 1.165) is 12.5 Å². The number of rotatable bonds is 36. The molecule has 0 spiro atoms. The summed E-state index contributed by atoms with van der Waals surface area (Å²) >= 11 is 0. The van der Waals surface area contributed by atoms with Gasteiger partial charge >= 0.3 is 34.4 Å². The van der Waals surface area contributed by atoms with E-state index < -0.39 is 217 Å². The molecule has 4 aliphatic rings. The minimum atomic E-state index is -5.28. The van der Waals surface area contributed by atoms with Crippen LogP contribution in [-0.4, -0.2) is 209 Å². The number of amides is 4. The number of alkyl carbamates (subject to hydrolysis) is 1. The summed E-state index contributed by atoms with van der Waals surface area (Å²) in [5, 5.41) is 23.3. The molecular weight excluding hydrogens is 1590 g/mol. The van der Waals surface area contributed by atoms with Gasteiger partial charge < -0.3 is 102 Å². The molecule has 0 aromatic heterocycles. The zero-order chi connectivity index (χ0) is 87.2. The van der Waals surface area contributed by atoms with Gasteiger partial charge in [-0.05, 0) is 95.7 Å². The summed E-state index contributed by atoms with van der Waals surface area (Å²) in [5.74, 6) is -4.24. The average molecular weight is 1710 g/mol. The van der Waals surface area contributed by atoms with Crippen LogP contribution < -0.4 is 21.3 Å². The van der Waals surface area contributed by atoms with Gasteiger partial charge in [-0.2, -0.15) is 8.42 Å². The standard InChI is InChI=1S/C88H112N4O28S/c1-53(93)89-66-74(105-44-57-33-21-14-22-34-57)73(65(114-78(66)96)52-113-121(101,102)103)120-80-68(91-55(3)95)76(107-46-59-37-25-16-26-38-59)71(63(117-80)50-110-83(98)87(7,8)9)118-79-67(90-54(2)94)77(108-47-60-39-27-17-28-40-60)72(64(116-79)51-111-84(99)88(10,11)12)119-81-69(92-85(100)112-48-61-41-29-18-30-42-61)75(106-45-58-35-23-15-24-36-58)70(104-43-56-31-19-13-20-32-56)62(115-81)49-109-82(97)86(4,5)6/h13-42,62-81,96H,43-52H2,1-12H3,(H,89,93)(H,90,94)(H,91,95)(H,92,100)(H,101,102,103)/t62-,63-,64-,65-,66-,67-,68-,69-,70-,71-,72-,73-,74-,75-,76-,77-,78-,79+,80+,81+/m1/s1. The Bertz CT molecular complexity index is 4400. The van der Waals surface area contributed by atoms with E-state index in [1.807, 2.05) is 66.7 Å². The van der Waals surface area contributed by atoms with Crippen molar-refractivity contribution in [2.24, 2.45) is 16.2 Å². The van der Waals surface area contributed by atoms with Gasteiger partial charge in [-0.15, -0.1) is 0 Å². The first kappa shape index (κ1) is 94.0. The van der Waals surface area contributed by atoms with E-state index in [-0.39, 0.29) is 39.6 Å². The third-order valence-corrected chi connectivity index (χ3v) is 20.3. The van der Waals surface area contributed by atoms with Gasteiger partial charge in [0.1, 0.15) is 124 Å². The number of hydrogen-bond acceptors (Lipinski definition) is 27. The van der Waals surface area contributed by atoms with E-state index in [2.05, 4.69) is 21.3 Å². The molecule has 32 nitrogen and oxygen atoms in total. The molecule has 0 saturated carbocycles. The van der Waals surface area contributed by atoms with Crippen molar-refractivity contribution in [1.82, 2.24) is 21.3 Å². The maximum absolute atomic E-state index is 14.9. The monoisotopic (exact) mass is 1700 g/mol. The van der Waals surface area contributed by atoms with Crippen molar-refractivity contribution in [1.29, 1.82) is 0 Å². The largest absolute Gasteiger partial charge is 0.462 e. The number of aliphatic hydroxyl groups excluding tert-OH is 1. The molecule has 20 atom stereocenters. The van der Waals surface area contributed by atoms with Crippen molar-refractivity contribution in [2.75, 3.05) is 26.4 Å². The van der Waals surface area contributed by atoms with Crippen LogP contribution in [0.2, 0.25) is 0 Å². The van der Waals surface area contributed by atoms with E-state index in [1.54, 1.807) is 178 Å². The molecule has 4 heterocycles. The van der Waals surface area contributed by atoms with Gasteiger partial charge in [0.25, 0.3) is 0 Å². The molecule has 6 N–H and O–H groups in total. The van der Waals surface area contributed by atoms with Crippen molar-refractivity contribution < 1.29 is 132 Å². The molecule has 121 heavy (non-hydrogen) atoms. The van der Waals surface area contributed by atoms with Gasteiger partial charge in [0.2, 0.25) is 17.7 Å². The highest BCUT2D eigenvalue weighted by atomic mass is 32.3. The fourth-order valence-electron chi connectivity index (χ4n) is 13.8. The third kappa shape index (κ3) is 28.1. The zero-order valence-electron chi connectivity index (χ0n) is 69.9. The van der Waals surface area contributed by atoms with Crippen LogP contribution in [-0.2, 0) is 159 Å². The predicted octanol–water partition coefficient (Wildman–Crippen LogP) is 8.36.